The minimum atomic E-state index is -0.309. The second-order valence-corrected chi connectivity index (χ2v) is 7.36. The van der Waals surface area contributed by atoms with Crippen molar-refractivity contribution in [2.75, 3.05) is 0 Å². The van der Waals surface area contributed by atoms with E-state index in [1.807, 2.05) is 37.3 Å². The predicted octanol–water partition coefficient (Wildman–Crippen LogP) is 4.56. The van der Waals surface area contributed by atoms with Gasteiger partial charge in [0, 0.05) is 0 Å². The van der Waals surface area contributed by atoms with Crippen LogP contribution in [0.3, 0.4) is 0 Å². The maximum atomic E-state index is 12.8. The van der Waals surface area contributed by atoms with Gasteiger partial charge in [0.05, 0.1) is 11.6 Å². The van der Waals surface area contributed by atoms with E-state index < -0.39 is 0 Å². The lowest BCUT2D eigenvalue weighted by atomic mass is 9.76. The number of aliphatic imine (C=N–C) groups is 1. The number of ether oxygens (including phenoxy) is 1. The number of hydrogen-bond donors (Lipinski definition) is 0. The maximum Gasteiger partial charge on any atom is 0.416 e. The first-order chi connectivity index (χ1) is 11.4. The number of fused-ring (bicyclic) bond motifs is 2. The van der Waals surface area contributed by atoms with Gasteiger partial charge >= 0.3 is 6.09 Å². The molecule has 0 unspecified atom stereocenters. The summed E-state index contributed by atoms with van der Waals surface area (Å²) in [5, 5.41) is 0. The molecule has 0 saturated heterocycles. The summed E-state index contributed by atoms with van der Waals surface area (Å²) in [6.07, 6.45) is 3.91. The number of nitrogens with zero attached hydrogens (tertiary/aromatic N) is 2. The first-order valence-corrected chi connectivity index (χ1v) is 8.61. The van der Waals surface area contributed by atoms with Gasteiger partial charge in [0.2, 0.25) is 0 Å². The summed E-state index contributed by atoms with van der Waals surface area (Å²) in [4.78, 5) is 19.4. The monoisotopic (exact) mass is 326 g/mol. The molecule has 0 N–H and O–H groups in total. The van der Waals surface area contributed by atoms with Gasteiger partial charge in [-0.1, -0.05) is 42.0 Å². The van der Waals surface area contributed by atoms with E-state index in [0.29, 0.717) is 5.92 Å². The lowest BCUT2D eigenvalue weighted by Crippen LogP contribution is -2.45. The Balaban J connectivity index is 1.82. The maximum absolute atomic E-state index is 12.8. The molecule has 2 atom stereocenters. The highest BCUT2D eigenvalue weighted by Crippen LogP contribution is 2.39. The van der Waals surface area contributed by atoms with Gasteiger partial charge in [-0.2, -0.15) is 0 Å². The Morgan fingerprint density at radius 2 is 2.00 bits per heavy atom. The summed E-state index contributed by atoms with van der Waals surface area (Å²) >= 11 is 0. The summed E-state index contributed by atoms with van der Waals surface area (Å²) in [5.41, 5.74) is 2.06. The lowest BCUT2D eigenvalue weighted by Gasteiger charge is -2.36. The molecule has 4 nitrogen and oxygen atoms in total. The average Bonchev–Trinajstić information content (AvgIpc) is 2.62. The quantitative estimate of drug-likeness (QED) is 0.748. The van der Waals surface area contributed by atoms with Crippen LogP contribution >= 0.6 is 0 Å². The first kappa shape index (κ1) is 16.7. The highest BCUT2D eigenvalue weighted by molar-refractivity contribution is 5.95. The van der Waals surface area contributed by atoms with E-state index in [0.717, 1.165) is 24.2 Å². The van der Waals surface area contributed by atoms with Gasteiger partial charge in [-0.3, -0.25) is 9.89 Å². The van der Waals surface area contributed by atoms with Gasteiger partial charge in [-0.25, -0.2) is 4.79 Å². The molecule has 24 heavy (non-hydrogen) atoms. The summed E-state index contributed by atoms with van der Waals surface area (Å²) in [7, 11) is 0. The van der Waals surface area contributed by atoms with E-state index in [1.165, 1.54) is 5.57 Å². The normalized spacial score (nSPS) is 25.4. The van der Waals surface area contributed by atoms with Gasteiger partial charge in [-0.15, -0.1) is 0 Å². The molecular formula is C20H26N2O2. The van der Waals surface area contributed by atoms with Crippen LogP contribution in [-0.2, 0) is 11.3 Å². The van der Waals surface area contributed by atoms with E-state index in [2.05, 4.69) is 26.8 Å². The molecule has 2 bridgehead atoms. The van der Waals surface area contributed by atoms with Gasteiger partial charge in [0.1, 0.15) is 12.4 Å². The van der Waals surface area contributed by atoms with E-state index in [4.69, 9.17) is 9.73 Å². The Bertz CT molecular complexity index is 676. The van der Waals surface area contributed by atoms with Crippen LogP contribution < -0.4 is 0 Å². The first-order valence-electron chi connectivity index (χ1n) is 8.61. The van der Waals surface area contributed by atoms with E-state index in [1.54, 1.807) is 4.90 Å². The number of benzene rings is 1. The number of amidine groups is 1. The van der Waals surface area contributed by atoms with Crippen molar-refractivity contribution < 1.29 is 9.53 Å². The van der Waals surface area contributed by atoms with Crippen molar-refractivity contribution in [1.82, 2.24) is 4.90 Å². The van der Waals surface area contributed by atoms with E-state index >= 15 is 0 Å². The molecule has 4 heteroatoms. The molecule has 2 aliphatic rings. The predicted molar refractivity (Wildman–Crippen MR) is 95.9 cm³/mol. The highest BCUT2D eigenvalue weighted by Gasteiger charge is 2.42. The smallest absolute Gasteiger partial charge is 0.416 e. The summed E-state index contributed by atoms with van der Waals surface area (Å²) < 4.78 is 5.58. The van der Waals surface area contributed by atoms with Crippen molar-refractivity contribution >= 4 is 11.9 Å². The molecular weight excluding hydrogens is 300 g/mol. The Labute approximate surface area is 144 Å². The summed E-state index contributed by atoms with van der Waals surface area (Å²) in [6, 6.07) is 9.82. The molecule has 0 fully saturated rings. The van der Waals surface area contributed by atoms with Gasteiger partial charge in [0.25, 0.3) is 0 Å². The third kappa shape index (κ3) is 3.23. The van der Waals surface area contributed by atoms with Crippen LogP contribution in [-0.4, -0.2) is 28.4 Å². The lowest BCUT2D eigenvalue weighted by molar-refractivity contribution is 0.105. The number of allylic oxidation sites excluding steroid dienone is 1. The zero-order valence-electron chi connectivity index (χ0n) is 15.0. The van der Waals surface area contributed by atoms with Crippen LogP contribution in [0.5, 0.6) is 0 Å². The van der Waals surface area contributed by atoms with Crippen molar-refractivity contribution in [3.05, 3.63) is 47.5 Å². The Hall–Kier alpha value is -2.10. The molecule has 0 aromatic heterocycles. The third-order valence-corrected chi connectivity index (χ3v) is 5.27. The number of carbonyl (C=O) groups is 1. The second kappa shape index (κ2) is 6.42. The second-order valence-electron chi connectivity index (χ2n) is 7.36. The van der Waals surface area contributed by atoms with Crippen molar-refractivity contribution in [1.29, 1.82) is 0 Å². The van der Waals surface area contributed by atoms with Crippen LogP contribution in [0, 0.1) is 5.92 Å². The highest BCUT2D eigenvalue weighted by atomic mass is 16.6. The summed E-state index contributed by atoms with van der Waals surface area (Å²) in [6.45, 7) is 8.62. The summed E-state index contributed by atoms with van der Waals surface area (Å²) in [5.74, 6) is 1.20. The molecule has 1 amide bonds. The molecule has 128 valence electrons. The fourth-order valence-electron chi connectivity index (χ4n) is 3.74. The SMILES string of the molecule is CC1=CC[C@@H]2C[C@H]1N(C(=O)OCc1ccccc1)C(C)=NC2(C)C. The van der Waals surface area contributed by atoms with Crippen LogP contribution in [0.15, 0.2) is 47.0 Å². The van der Waals surface area contributed by atoms with Gasteiger partial charge in [-0.05, 0) is 52.0 Å². The van der Waals surface area contributed by atoms with Crippen molar-refractivity contribution in [2.24, 2.45) is 10.9 Å². The topological polar surface area (TPSA) is 41.9 Å². The minimum absolute atomic E-state index is 0.0533. The standard InChI is InChI=1S/C20H26N2O2/c1-14-10-11-17-12-18(14)22(15(2)21-20(17,3)4)19(23)24-13-16-8-6-5-7-9-16/h5-10,17-18H,11-13H2,1-4H3/t17-,18-/m1/s1. The molecule has 1 aliphatic heterocycles. The molecule has 1 aromatic carbocycles. The molecule has 1 heterocycles. The zero-order valence-corrected chi connectivity index (χ0v) is 15.0. The Kier molecular flexibility index (Phi) is 4.48. The molecule has 0 spiro atoms. The van der Waals surface area contributed by atoms with Crippen LogP contribution in [0.2, 0.25) is 0 Å². The zero-order chi connectivity index (χ0) is 17.3. The molecule has 0 saturated carbocycles. The molecule has 0 radical (unpaired) electrons. The number of hydrogen-bond acceptors (Lipinski definition) is 3. The molecule has 1 aromatic rings. The Morgan fingerprint density at radius 1 is 1.29 bits per heavy atom. The Morgan fingerprint density at radius 3 is 2.71 bits per heavy atom. The molecule has 1 aliphatic carbocycles. The van der Waals surface area contributed by atoms with Crippen molar-refractivity contribution in [2.45, 2.75) is 58.7 Å². The third-order valence-electron chi connectivity index (χ3n) is 5.27. The fourth-order valence-corrected chi connectivity index (χ4v) is 3.74. The van der Waals surface area contributed by atoms with Crippen LogP contribution in [0.25, 0.3) is 0 Å². The van der Waals surface area contributed by atoms with Gasteiger partial charge < -0.3 is 4.74 Å². The fraction of sp³-hybridized carbons (Fsp3) is 0.500. The molecule has 3 rings (SSSR count). The number of rotatable bonds is 2. The van der Waals surface area contributed by atoms with E-state index in [9.17, 15) is 4.79 Å². The van der Waals surface area contributed by atoms with Crippen molar-refractivity contribution in [3.63, 3.8) is 0 Å². The minimum Gasteiger partial charge on any atom is -0.444 e. The number of amides is 1. The number of carbonyl (C=O) groups excluding carboxylic acids is 1. The van der Waals surface area contributed by atoms with E-state index in [-0.39, 0.29) is 24.3 Å². The van der Waals surface area contributed by atoms with Crippen LogP contribution in [0.1, 0.15) is 46.1 Å². The van der Waals surface area contributed by atoms with Crippen molar-refractivity contribution in [3.8, 4) is 0 Å². The largest absolute Gasteiger partial charge is 0.444 e. The average molecular weight is 326 g/mol. The van der Waals surface area contributed by atoms with Crippen LogP contribution in [0.4, 0.5) is 4.79 Å². The van der Waals surface area contributed by atoms with Gasteiger partial charge in [0.15, 0.2) is 0 Å².